The number of allylic oxidation sites excluding steroid dienone is 2. The Balaban J connectivity index is 1.55. The van der Waals surface area contributed by atoms with E-state index in [9.17, 15) is 20.4 Å². The van der Waals surface area contributed by atoms with E-state index >= 15 is 0 Å². The standard InChI is InChI=1S/C30H50O5/c1-25(2)21(33)10-12-27(5)17-9-13-28(6)24(30(8)14-11-22(35-30)26(3,4)34)20(32)16-29(28,7)18(17)15-19(31)23(25)27/h9,18-24,31-34H,10-16H2,1-8H3/t18?,19-,20-,21-,22+,23?,24-,27+,28+,29-,30-/m0/s1. The lowest BCUT2D eigenvalue weighted by molar-refractivity contribution is -0.183. The van der Waals surface area contributed by atoms with E-state index in [1.807, 2.05) is 13.8 Å². The van der Waals surface area contributed by atoms with Gasteiger partial charge in [0.2, 0.25) is 0 Å². The SMILES string of the molecule is CC(C)(O)[C@H]1CC[C@@](C)([C@H]2[C@@H](O)C[C@@]3(C)C4C[C@H](O)C5C(C)(C)[C@@H](O)CC[C@]5(C)C4=CC[C@]23C)O1. The van der Waals surface area contributed by atoms with Crippen LogP contribution in [0.2, 0.25) is 0 Å². The molecule has 5 heteroatoms. The van der Waals surface area contributed by atoms with Gasteiger partial charge in [-0.25, -0.2) is 0 Å². The fraction of sp³-hybridized carbons (Fsp3) is 0.933. The zero-order valence-electron chi connectivity index (χ0n) is 23.3. The molecule has 0 aromatic carbocycles. The molecule has 0 aromatic rings. The van der Waals surface area contributed by atoms with E-state index in [0.717, 1.165) is 32.1 Å². The van der Waals surface area contributed by atoms with Gasteiger partial charge in [0.05, 0.1) is 35.6 Å². The summed E-state index contributed by atoms with van der Waals surface area (Å²) < 4.78 is 6.62. The highest BCUT2D eigenvalue weighted by atomic mass is 16.5. The Morgan fingerprint density at radius 3 is 2.14 bits per heavy atom. The number of hydrogen-bond donors (Lipinski definition) is 4. The number of aliphatic hydroxyl groups is 4. The zero-order chi connectivity index (χ0) is 26.0. The molecule has 0 bridgehead atoms. The average Bonchev–Trinajstić information content (AvgIpc) is 3.20. The first-order chi connectivity index (χ1) is 15.9. The van der Waals surface area contributed by atoms with Crippen molar-refractivity contribution in [1.29, 1.82) is 0 Å². The Bertz CT molecular complexity index is 905. The molecule has 4 aliphatic carbocycles. The summed E-state index contributed by atoms with van der Waals surface area (Å²) in [6.45, 7) is 17.1. The van der Waals surface area contributed by atoms with Gasteiger partial charge >= 0.3 is 0 Å². The minimum Gasteiger partial charge on any atom is -0.393 e. The molecule has 0 aromatic heterocycles. The fourth-order valence-electron chi connectivity index (χ4n) is 10.6. The number of ether oxygens (including phenoxy) is 1. The molecule has 2 unspecified atom stereocenters. The molecule has 5 rings (SSSR count). The van der Waals surface area contributed by atoms with Crippen LogP contribution in [0.1, 0.15) is 100 Å². The Morgan fingerprint density at radius 1 is 0.886 bits per heavy atom. The van der Waals surface area contributed by atoms with Crippen LogP contribution in [0.15, 0.2) is 11.6 Å². The van der Waals surface area contributed by atoms with Crippen LogP contribution in [0.5, 0.6) is 0 Å². The van der Waals surface area contributed by atoms with Gasteiger partial charge < -0.3 is 25.2 Å². The molecule has 0 radical (unpaired) electrons. The molecule has 0 amide bonds. The summed E-state index contributed by atoms with van der Waals surface area (Å²) in [6.07, 6.45) is 6.50. The molecule has 1 heterocycles. The minimum atomic E-state index is -0.902. The van der Waals surface area contributed by atoms with E-state index in [0.29, 0.717) is 12.8 Å². The van der Waals surface area contributed by atoms with Crippen LogP contribution in [-0.4, -0.2) is 56.0 Å². The lowest BCUT2D eigenvalue weighted by Crippen LogP contribution is -2.62. The molecule has 0 spiro atoms. The predicted molar refractivity (Wildman–Crippen MR) is 137 cm³/mol. The molecule has 4 fully saturated rings. The number of aliphatic hydroxyl groups excluding tert-OH is 3. The Labute approximate surface area is 212 Å². The topological polar surface area (TPSA) is 90.2 Å². The van der Waals surface area contributed by atoms with Gasteiger partial charge in [-0.05, 0) is 93.3 Å². The maximum atomic E-state index is 11.7. The monoisotopic (exact) mass is 490 g/mol. The van der Waals surface area contributed by atoms with Crippen LogP contribution < -0.4 is 0 Å². The summed E-state index contributed by atoms with van der Waals surface area (Å²) in [5.74, 6) is 0.204. The van der Waals surface area contributed by atoms with Crippen molar-refractivity contribution < 1.29 is 25.2 Å². The molecule has 1 aliphatic heterocycles. The van der Waals surface area contributed by atoms with Crippen LogP contribution in [0.3, 0.4) is 0 Å². The highest BCUT2D eigenvalue weighted by Crippen LogP contribution is 2.74. The summed E-state index contributed by atoms with van der Waals surface area (Å²) in [4.78, 5) is 0. The van der Waals surface area contributed by atoms with Crippen molar-refractivity contribution in [2.45, 2.75) is 136 Å². The van der Waals surface area contributed by atoms with Crippen molar-refractivity contribution >= 4 is 0 Å². The van der Waals surface area contributed by atoms with Gasteiger partial charge in [-0.2, -0.15) is 0 Å². The number of fused-ring (bicyclic) bond motifs is 5. The third kappa shape index (κ3) is 3.30. The third-order valence-corrected chi connectivity index (χ3v) is 12.5. The maximum Gasteiger partial charge on any atom is 0.0865 e. The van der Waals surface area contributed by atoms with Crippen LogP contribution in [0.25, 0.3) is 0 Å². The van der Waals surface area contributed by atoms with E-state index in [1.54, 1.807) is 0 Å². The Kier molecular flexibility index (Phi) is 5.65. The van der Waals surface area contributed by atoms with E-state index in [-0.39, 0.29) is 45.5 Å². The van der Waals surface area contributed by atoms with Crippen molar-refractivity contribution in [1.82, 2.24) is 0 Å². The van der Waals surface area contributed by atoms with Gasteiger partial charge in [0.15, 0.2) is 0 Å². The van der Waals surface area contributed by atoms with Crippen molar-refractivity contribution in [3.8, 4) is 0 Å². The van der Waals surface area contributed by atoms with Gasteiger partial charge in [-0.3, -0.25) is 0 Å². The predicted octanol–water partition coefficient (Wildman–Crippen LogP) is 4.60. The average molecular weight is 491 g/mol. The van der Waals surface area contributed by atoms with Gasteiger partial charge in [0.25, 0.3) is 0 Å². The molecule has 5 aliphatic rings. The molecule has 1 saturated heterocycles. The normalized spacial score (nSPS) is 55.7. The second-order valence-electron chi connectivity index (χ2n) is 15.2. The number of rotatable bonds is 2. The fourth-order valence-corrected chi connectivity index (χ4v) is 10.6. The van der Waals surface area contributed by atoms with Crippen molar-refractivity contribution in [3.63, 3.8) is 0 Å². The Morgan fingerprint density at radius 2 is 1.54 bits per heavy atom. The van der Waals surface area contributed by atoms with Gasteiger partial charge in [-0.15, -0.1) is 0 Å². The smallest absolute Gasteiger partial charge is 0.0865 e. The van der Waals surface area contributed by atoms with E-state index in [2.05, 4.69) is 47.6 Å². The molecular formula is C30H50O5. The summed E-state index contributed by atoms with van der Waals surface area (Å²) in [5.41, 5.74) is -0.731. The highest BCUT2D eigenvalue weighted by molar-refractivity contribution is 5.35. The lowest BCUT2D eigenvalue weighted by Gasteiger charge is -2.65. The van der Waals surface area contributed by atoms with E-state index in [1.165, 1.54) is 5.57 Å². The first kappa shape index (κ1) is 26.2. The first-order valence-corrected chi connectivity index (χ1v) is 14.1. The third-order valence-electron chi connectivity index (χ3n) is 12.5. The van der Waals surface area contributed by atoms with Gasteiger partial charge in [0, 0.05) is 11.8 Å². The molecule has 4 N–H and O–H groups in total. The number of hydrogen-bond acceptors (Lipinski definition) is 5. The second kappa shape index (κ2) is 7.56. The molecule has 35 heavy (non-hydrogen) atoms. The molecule has 5 nitrogen and oxygen atoms in total. The lowest BCUT2D eigenvalue weighted by atomic mass is 9.40. The summed E-state index contributed by atoms with van der Waals surface area (Å²) >= 11 is 0. The van der Waals surface area contributed by atoms with Crippen LogP contribution in [-0.2, 0) is 4.74 Å². The minimum absolute atomic E-state index is 0.0274. The van der Waals surface area contributed by atoms with Crippen LogP contribution in [0, 0.1) is 39.4 Å². The van der Waals surface area contributed by atoms with Crippen molar-refractivity contribution in [2.75, 3.05) is 0 Å². The molecule has 11 atom stereocenters. The van der Waals surface area contributed by atoms with Crippen LogP contribution in [0.4, 0.5) is 0 Å². The molecule has 200 valence electrons. The summed E-state index contributed by atoms with van der Waals surface area (Å²) in [7, 11) is 0. The van der Waals surface area contributed by atoms with Gasteiger partial charge in [0.1, 0.15) is 0 Å². The molecule has 3 saturated carbocycles. The van der Waals surface area contributed by atoms with E-state index < -0.39 is 29.5 Å². The highest BCUT2D eigenvalue weighted by Gasteiger charge is 2.71. The van der Waals surface area contributed by atoms with E-state index in [4.69, 9.17) is 4.74 Å². The van der Waals surface area contributed by atoms with Crippen molar-refractivity contribution in [2.24, 2.45) is 39.4 Å². The second-order valence-corrected chi connectivity index (χ2v) is 15.2. The molecular weight excluding hydrogens is 440 g/mol. The Hall–Kier alpha value is -0.460. The summed E-state index contributed by atoms with van der Waals surface area (Å²) in [6, 6.07) is 0. The van der Waals surface area contributed by atoms with Crippen LogP contribution >= 0.6 is 0 Å². The maximum absolute atomic E-state index is 11.7. The van der Waals surface area contributed by atoms with Crippen molar-refractivity contribution in [3.05, 3.63) is 11.6 Å². The zero-order valence-corrected chi connectivity index (χ0v) is 23.3. The largest absolute Gasteiger partial charge is 0.393 e. The summed E-state index contributed by atoms with van der Waals surface area (Å²) in [5, 5.41) is 44.8. The first-order valence-electron chi connectivity index (χ1n) is 14.1. The van der Waals surface area contributed by atoms with Gasteiger partial charge in [-0.1, -0.05) is 46.3 Å². The quantitative estimate of drug-likeness (QED) is 0.425.